The SMILES string of the molecule is CC(c1ccccc1Cl)n1cncc1-c1cnccc1N. The lowest BCUT2D eigenvalue weighted by molar-refractivity contribution is 0.645. The van der Waals surface area contributed by atoms with Crippen LogP contribution in [0.25, 0.3) is 11.3 Å². The van der Waals surface area contributed by atoms with Gasteiger partial charge in [0, 0.05) is 28.7 Å². The van der Waals surface area contributed by atoms with Crippen LogP contribution in [0.1, 0.15) is 18.5 Å². The van der Waals surface area contributed by atoms with Crippen LogP contribution in [0.2, 0.25) is 5.02 Å². The van der Waals surface area contributed by atoms with Crippen molar-refractivity contribution in [3.63, 3.8) is 0 Å². The Balaban J connectivity index is 2.08. The molecule has 2 aromatic heterocycles. The lowest BCUT2D eigenvalue weighted by Crippen LogP contribution is -2.08. The average Bonchev–Trinajstić information content (AvgIpc) is 2.97. The molecule has 3 rings (SSSR count). The van der Waals surface area contributed by atoms with Crippen LogP contribution in [0.3, 0.4) is 0 Å². The second-order valence-electron chi connectivity index (χ2n) is 4.85. The normalized spacial score (nSPS) is 12.3. The maximum Gasteiger partial charge on any atom is 0.0956 e. The maximum absolute atomic E-state index is 6.29. The standard InChI is InChI=1S/C16H15ClN4/c1-11(12-4-2-3-5-14(12)17)21-10-20-9-16(21)13-8-19-7-6-15(13)18/h2-11H,1H3,(H2,18,19). The van der Waals surface area contributed by atoms with Crippen molar-refractivity contribution in [3.8, 4) is 11.3 Å². The molecule has 2 heterocycles. The van der Waals surface area contributed by atoms with Gasteiger partial charge in [-0.3, -0.25) is 4.98 Å². The van der Waals surface area contributed by atoms with Gasteiger partial charge in [0.1, 0.15) is 0 Å². The third-order valence-corrected chi connectivity index (χ3v) is 3.91. The molecule has 3 aromatic rings. The molecule has 0 amide bonds. The lowest BCUT2D eigenvalue weighted by atomic mass is 10.1. The van der Waals surface area contributed by atoms with E-state index in [9.17, 15) is 0 Å². The summed E-state index contributed by atoms with van der Waals surface area (Å²) in [5.41, 5.74) is 9.56. The first kappa shape index (κ1) is 13.6. The molecule has 0 radical (unpaired) electrons. The Kier molecular flexibility index (Phi) is 3.62. The van der Waals surface area contributed by atoms with E-state index < -0.39 is 0 Å². The first-order chi connectivity index (χ1) is 10.2. The number of nitrogen functional groups attached to an aromatic ring is 1. The fraction of sp³-hybridized carbons (Fsp3) is 0.125. The number of hydrogen-bond donors (Lipinski definition) is 1. The maximum atomic E-state index is 6.29. The Hall–Kier alpha value is -2.33. The molecule has 0 aliphatic carbocycles. The summed E-state index contributed by atoms with van der Waals surface area (Å²) in [5.74, 6) is 0. The topological polar surface area (TPSA) is 56.7 Å². The minimum absolute atomic E-state index is 0.0517. The van der Waals surface area contributed by atoms with Crippen LogP contribution >= 0.6 is 11.6 Å². The molecule has 0 fully saturated rings. The van der Waals surface area contributed by atoms with Crippen molar-refractivity contribution >= 4 is 17.3 Å². The first-order valence-electron chi connectivity index (χ1n) is 6.64. The van der Waals surface area contributed by atoms with Gasteiger partial charge in [-0.05, 0) is 24.6 Å². The quantitative estimate of drug-likeness (QED) is 0.800. The molecule has 5 heteroatoms. The van der Waals surface area contributed by atoms with E-state index in [0.717, 1.165) is 21.8 Å². The van der Waals surface area contributed by atoms with E-state index in [1.165, 1.54) is 0 Å². The molecule has 0 bridgehead atoms. The summed E-state index contributed by atoms with van der Waals surface area (Å²) >= 11 is 6.29. The van der Waals surface area contributed by atoms with E-state index in [0.29, 0.717) is 5.69 Å². The Morgan fingerprint density at radius 1 is 1.14 bits per heavy atom. The van der Waals surface area contributed by atoms with E-state index in [1.807, 2.05) is 24.3 Å². The van der Waals surface area contributed by atoms with Crippen LogP contribution in [0.5, 0.6) is 0 Å². The van der Waals surface area contributed by atoms with Crippen molar-refractivity contribution < 1.29 is 0 Å². The van der Waals surface area contributed by atoms with Crippen LogP contribution in [0.15, 0.2) is 55.2 Å². The third-order valence-electron chi connectivity index (χ3n) is 3.57. The molecule has 4 nitrogen and oxygen atoms in total. The summed E-state index contributed by atoms with van der Waals surface area (Å²) in [6.07, 6.45) is 7.01. The molecular weight excluding hydrogens is 284 g/mol. The van der Waals surface area contributed by atoms with Gasteiger partial charge in [-0.15, -0.1) is 0 Å². The van der Waals surface area contributed by atoms with E-state index in [2.05, 4.69) is 21.5 Å². The zero-order valence-corrected chi connectivity index (χ0v) is 12.3. The van der Waals surface area contributed by atoms with E-state index in [1.54, 1.807) is 31.0 Å². The monoisotopic (exact) mass is 298 g/mol. The number of halogens is 1. The van der Waals surface area contributed by atoms with Gasteiger partial charge in [-0.2, -0.15) is 0 Å². The van der Waals surface area contributed by atoms with Gasteiger partial charge in [0.25, 0.3) is 0 Å². The zero-order valence-electron chi connectivity index (χ0n) is 11.6. The summed E-state index contributed by atoms with van der Waals surface area (Å²) in [6, 6.07) is 9.65. The van der Waals surface area contributed by atoms with Crippen LogP contribution in [0, 0.1) is 0 Å². The summed E-state index contributed by atoms with van der Waals surface area (Å²) in [4.78, 5) is 8.40. The number of aromatic nitrogens is 3. The minimum Gasteiger partial charge on any atom is -0.398 e. The molecule has 0 aliphatic heterocycles. The molecule has 2 N–H and O–H groups in total. The largest absolute Gasteiger partial charge is 0.398 e. The molecule has 0 saturated carbocycles. The fourth-order valence-electron chi connectivity index (χ4n) is 2.40. The average molecular weight is 299 g/mol. The van der Waals surface area contributed by atoms with Gasteiger partial charge in [-0.1, -0.05) is 29.8 Å². The van der Waals surface area contributed by atoms with Crippen molar-refractivity contribution in [1.29, 1.82) is 0 Å². The van der Waals surface area contributed by atoms with Crippen molar-refractivity contribution in [2.24, 2.45) is 0 Å². The number of nitrogens with two attached hydrogens (primary N) is 1. The third kappa shape index (κ3) is 2.50. The van der Waals surface area contributed by atoms with Crippen LogP contribution in [-0.4, -0.2) is 14.5 Å². The molecule has 0 aliphatic rings. The number of nitrogens with zero attached hydrogens (tertiary/aromatic N) is 3. The molecule has 0 saturated heterocycles. The van der Waals surface area contributed by atoms with Gasteiger partial charge in [0.2, 0.25) is 0 Å². The van der Waals surface area contributed by atoms with E-state index >= 15 is 0 Å². The van der Waals surface area contributed by atoms with Gasteiger partial charge in [0.15, 0.2) is 0 Å². The van der Waals surface area contributed by atoms with Crippen molar-refractivity contribution in [3.05, 3.63) is 65.8 Å². The highest BCUT2D eigenvalue weighted by Gasteiger charge is 2.16. The predicted octanol–water partition coefficient (Wildman–Crippen LogP) is 3.79. The minimum atomic E-state index is 0.0517. The molecule has 1 aromatic carbocycles. The van der Waals surface area contributed by atoms with Crippen molar-refractivity contribution in [1.82, 2.24) is 14.5 Å². The highest BCUT2D eigenvalue weighted by Crippen LogP contribution is 2.31. The van der Waals surface area contributed by atoms with E-state index in [4.69, 9.17) is 17.3 Å². The number of pyridine rings is 1. The molecule has 1 atom stereocenters. The van der Waals surface area contributed by atoms with E-state index in [-0.39, 0.29) is 6.04 Å². The Morgan fingerprint density at radius 2 is 1.95 bits per heavy atom. The van der Waals surface area contributed by atoms with Crippen molar-refractivity contribution in [2.45, 2.75) is 13.0 Å². The highest BCUT2D eigenvalue weighted by molar-refractivity contribution is 6.31. The summed E-state index contributed by atoms with van der Waals surface area (Å²) in [7, 11) is 0. The lowest BCUT2D eigenvalue weighted by Gasteiger charge is -2.18. The second kappa shape index (κ2) is 5.58. The molecule has 0 spiro atoms. The molecular formula is C16H15ClN4. The van der Waals surface area contributed by atoms with Crippen LogP contribution < -0.4 is 5.73 Å². The fourth-order valence-corrected chi connectivity index (χ4v) is 2.70. The second-order valence-corrected chi connectivity index (χ2v) is 5.25. The predicted molar refractivity (Wildman–Crippen MR) is 85.1 cm³/mol. The Morgan fingerprint density at radius 3 is 2.71 bits per heavy atom. The van der Waals surface area contributed by atoms with Crippen LogP contribution in [-0.2, 0) is 0 Å². The number of hydrogen-bond acceptors (Lipinski definition) is 3. The molecule has 21 heavy (non-hydrogen) atoms. The van der Waals surface area contributed by atoms with Gasteiger partial charge >= 0.3 is 0 Å². The number of anilines is 1. The van der Waals surface area contributed by atoms with Gasteiger partial charge in [0.05, 0.1) is 24.3 Å². The first-order valence-corrected chi connectivity index (χ1v) is 7.02. The number of benzene rings is 1. The van der Waals surface area contributed by atoms with Gasteiger partial charge in [-0.25, -0.2) is 4.98 Å². The van der Waals surface area contributed by atoms with Gasteiger partial charge < -0.3 is 10.3 Å². The number of rotatable bonds is 3. The Bertz CT molecular complexity index is 766. The Labute approximate surface area is 128 Å². The number of imidazole rings is 1. The van der Waals surface area contributed by atoms with Crippen LogP contribution in [0.4, 0.5) is 5.69 Å². The zero-order chi connectivity index (χ0) is 14.8. The smallest absolute Gasteiger partial charge is 0.0956 e. The highest BCUT2D eigenvalue weighted by atomic mass is 35.5. The molecule has 1 unspecified atom stereocenters. The summed E-state index contributed by atoms with van der Waals surface area (Å²) in [6.45, 7) is 2.08. The van der Waals surface area contributed by atoms with Crippen molar-refractivity contribution in [2.75, 3.05) is 5.73 Å². The summed E-state index contributed by atoms with van der Waals surface area (Å²) < 4.78 is 2.05. The summed E-state index contributed by atoms with van der Waals surface area (Å²) in [5, 5.41) is 0.740. The molecule has 106 valence electrons.